The second-order valence-electron chi connectivity index (χ2n) is 10.4. The number of non-ortho nitro benzene ring substituents is 1. The van der Waals surface area contributed by atoms with E-state index in [2.05, 4.69) is 15.6 Å². The van der Waals surface area contributed by atoms with Crippen molar-refractivity contribution >= 4 is 23.5 Å². The average molecular weight is 538 g/mol. The van der Waals surface area contributed by atoms with Gasteiger partial charge < -0.3 is 20.6 Å². The molecule has 4 rings (SSSR count). The van der Waals surface area contributed by atoms with Crippen LogP contribution in [0, 0.1) is 22.0 Å². The molecule has 3 N–H and O–H groups in total. The lowest BCUT2D eigenvalue weighted by atomic mass is 9.92. The number of carboxylic acid groups (broad SMARTS) is 1. The van der Waals surface area contributed by atoms with Gasteiger partial charge in [0.25, 0.3) is 5.69 Å². The highest BCUT2D eigenvalue weighted by molar-refractivity contribution is 5.82. The van der Waals surface area contributed by atoms with E-state index in [1.165, 1.54) is 24.5 Å². The second kappa shape index (κ2) is 13.3. The number of nitro groups is 1. The van der Waals surface area contributed by atoms with Gasteiger partial charge in [0.2, 0.25) is 11.8 Å². The Bertz CT molecular complexity index is 1200. The van der Waals surface area contributed by atoms with E-state index in [-0.39, 0.29) is 23.9 Å². The molecule has 3 heterocycles. The van der Waals surface area contributed by atoms with Crippen LogP contribution in [-0.2, 0) is 14.4 Å². The zero-order valence-corrected chi connectivity index (χ0v) is 21.9. The number of aliphatic carboxylic acids is 1. The molecule has 1 aromatic heterocycles. The Kier molecular flexibility index (Phi) is 9.59. The number of hydrogen-bond acceptors (Lipinski definition) is 7. The summed E-state index contributed by atoms with van der Waals surface area (Å²) >= 11 is 0. The Labute approximate surface area is 227 Å². The highest BCUT2D eigenvalue weighted by atomic mass is 16.6. The maximum Gasteiger partial charge on any atom is 0.305 e. The number of carboxylic acids is 1. The fraction of sp³-hybridized carbons (Fsp3) is 0.500. The summed E-state index contributed by atoms with van der Waals surface area (Å²) in [5, 5.41) is 26.9. The first-order chi connectivity index (χ1) is 18.8. The molecule has 0 saturated carbocycles. The fourth-order valence-corrected chi connectivity index (χ4v) is 5.40. The molecule has 2 unspecified atom stereocenters. The number of nitro benzene ring substituents is 1. The number of carbonyl (C=O) groups excluding carboxylic acids is 2. The molecule has 2 fully saturated rings. The maximum atomic E-state index is 13.3. The quantitative estimate of drug-likeness (QED) is 0.308. The number of nitrogens with zero attached hydrogens (tertiary/aromatic N) is 3. The summed E-state index contributed by atoms with van der Waals surface area (Å²) in [5.74, 6) is -1.17. The Balaban J connectivity index is 1.42. The van der Waals surface area contributed by atoms with Gasteiger partial charge in [-0.15, -0.1) is 0 Å². The van der Waals surface area contributed by atoms with Crippen molar-refractivity contribution in [3.05, 3.63) is 58.4 Å². The van der Waals surface area contributed by atoms with E-state index in [4.69, 9.17) is 0 Å². The lowest BCUT2D eigenvalue weighted by Gasteiger charge is -2.33. The number of hydrogen-bond donors (Lipinski definition) is 3. The monoisotopic (exact) mass is 537 g/mol. The minimum atomic E-state index is -1.08. The van der Waals surface area contributed by atoms with Crippen molar-refractivity contribution in [3.63, 3.8) is 0 Å². The summed E-state index contributed by atoms with van der Waals surface area (Å²) in [6.07, 6.45) is 7.53. The van der Waals surface area contributed by atoms with Crippen LogP contribution >= 0.6 is 0 Å². The molecule has 11 heteroatoms. The van der Waals surface area contributed by atoms with Gasteiger partial charge in [-0.05, 0) is 68.3 Å². The number of likely N-dealkylation sites (tertiary alicyclic amines) is 1. The number of aromatic nitrogens is 1. The van der Waals surface area contributed by atoms with Gasteiger partial charge in [0.15, 0.2) is 0 Å². The molecular formula is C28H35N5O6. The van der Waals surface area contributed by atoms with Crippen molar-refractivity contribution in [2.24, 2.45) is 11.8 Å². The van der Waals surface area contributed by atoms with Gasteiger partial charge >= 0.3 is 5.97 Å². The Morgan fingerprint density at radius 3 is 2.69 bits per heavy atom. The fourth-order valence-electron chi connectivity index (χ4n) is 5.40. The molecule has 11 nitrogen and oxygen atoms in total. The summed E-state index contributed by atoms with van der Waals surface area (Å²) in [5.41, 5.74) is 1.55. The first-order valence-electron chi connectivity index (χ1n) is 13.5. The van der Waals surface area contributed by atoms with Crippen molar-refractivity contribution in [2.75, 3.05) is 26.2 Å². The standard InChI is InChI=1S/C28H35N5O6/c34-26(7-6-19-8-10-29-11-9-19)32-12-2-4-21(18-32)28(37)31-25(15-27(35)36)23-13-22(16-30-17-23)20-3-1-5-24(14-20)33(38)39/h1,3,5,13-14,16-17,19,21,25,29H,2,4,6-12,15,18H2,(H,31,37)(H,35,36). The molecule has 208 valence electrons. The largest absolute Gasteiger partial charge is 0.481 e. The molecular weight excluding hydrogens is 502 g/mol. The van der Waals surface area contributed by atoms with Crippen molar-refractivity contribution in [1.82, 2.24) is 20.5 Å². The molecule has 39 heavy (non-hydrogen) atoms. The van der Waals surface area contributed by atoms with Crippen LogP contribution in [0.2, 0.25) is 0 Å². The summed E-state index contributed by atoms with van der Waals surface area (Å²) in [4.78, 5) is 54.5. The van der Waals surface area contributed by atoms with Gasteiger partial charge in [-0.2, -0.15) is 0 Å². The molecule has 2 saturated heterocycles. The van der Waals surface area contributed by atoms with Gasteiger partial charge in [0, 0.05) is 49.6 Å². The lowest BCUT2D eigenvalue weighted by Crippen LogP contribution is -2.46. The van der Waals surface area contributed by atoms with E-state index >= 15 is 0 Å². The molecule has 2 aromatic rings. The summed E-state index contributed by atoms with van der Waals surface area (Å²) in [6, 6.07) is 6.94. The van der Waals surface area contributed by atoms with Crippen molar-refractivity contribution in [2.45, 2.75) is 51.0 Å². The van der Waals surface area contributed by atoms with Crippen LogP contribution in [0.25, 0.3) is 11.1 Å². The van der Waals surface area contributed by atoms with Gasteiger partial charge in [-0.1, -0.05) is 12.1 Å². The summed E-state index contributed by atoms with van der Waals surface area (Å²) in [6.45, 7) is 2.93. The molecule has 0 aliphatic carbocycles. The smallest absolute Gasteiger partial charge is 0.305 e. The van der Waals surface area contributed by atoms with Gasteiger partial charge in [-0.25, -0.2) is 0 Å². The average Bonchev–Trinajstić information content (AvgIpc) is 2.96. The number of carbonyl (C=O) groups is 3. The highest BCUT2D eigenvalue weighted by Crippen LogP contribution is 2.28. The Morgan fingerprint density at radius 1 is 1.15 bits per heavy atom. The summed E-state index contributed by atoms with van der Waals surface area (Å²) in [7, 11) is 0. The van der Waals surface area contributed by atoms with E-state index in [1.807, 2.05) is 0 Å². The summed E-state index contributed by atoms with van der Waals surface area (Å²) < 4.78 is 0. The van der Waals surface area contributed by atoms with Crippen LogP contribution in [0.15, 0.2) is 42.7 Å². The molecule has 2 amide bonds. The first kappa shape index (κ1) is 28.2. The second-order valence-corrected chi connectivity index (χ2v) is 10.4. The van der Waals surface area contributed by atoms with Gasteiger partial charge in [0.05, 0.1) is 23.3 Å². The van der Waals surface area contributed by atoms with Crippen molar-refractivity contribution < 1.29 is 24.4 Å². The third-order valence-electron chi connectivity index (χ3n) is 7.62. The number of pyridine rings is 1. The molecule has 1 aromatic carbocycles. The predicted octanol–water partition coefficient (Wildman–Crippen LogP) is 3.31. The van der Waals surface area contributed by atoms with Gasteiger partial charge in [0.1, 0.15) is 0 Å². The predicted molar refractivity (Wildman–Crippen MR) is 144 cm³/mol. The molecule has 0 radical (unpaired) electrons. The topological polar surface area (TPSA) is 155 Å². The molecule has 0 bridgehead atoms. The van der Waals surface area contributed by atoms with Crippen LogP contribution < -0.4 is 10.6 Å². The number of nitrogens with one attached hydrogen (secondary N) is 2. The van der Waals surface area contributed by atoms with Gasteiger partial charge in [-0.3, -0.25) is 29.5 Å². The maximum absolute atomic E-state index is 13.3. The SMILES string of the molecule is O=C(O)CC(NC(=O)C1CCCN(C(=O)CCC2CCNCC2)C1)c1cncc(-c2cccc([N+](=O)[O-])c2)c1. The molecule has 2 aliphatic heterocycles. The Hall–Kier alpha value is -3.86. The number of rotatable bonds is 10. The van der Waals surface area contributed by atoms with Crippen LogP contribution in [0.5, 0.6) is 0 Å². The molecule has 2 atom stereocenters. The Morgan fingerprint density at radius 2 is 1.95 bits per heavy atom. The number of benzene rings is 1. The van der Waals surface area contributed by atoms with Crippen LogP contribution in [0.4, 0.5) is 5.69 Å². The molecule has 0 spiro atoms. The lowest BCUT2D eigenvalue weighted by molar-refractivity contribution is -0.384. The van der Waals surface area contributed by atoms with Crippen LogP contribution in [0.3, 0.4) is 0 Å². The zero-order valence-electron chi connectivity index (χ0n) is 21.9. The first-order valence-corrected chi connectivity index (χ1v) is 13.5. The van der Waals surface area contributed by atoms with E-state index in [1.54, 1.807) is 23.1 Å². The zero-order chi connectivity index (χ0) is 27.8. The van der Waals surface area contributed by atoms with Crippen LogP contribution in [-0.4, -0.2) is 63.9 Å². The number of amides is 2. The number of piperidine rings is 2. The third-order valence-corrected chi connectivity index (χ3v) is 7.62. The van der Waals surface area contributed by atoms with E-state index in [0.29, 0.717) is 55.0 Å². The third kappa shape index (κ3) is 7.82. The van der Waals surface area contributed by atoms with E-state index < -0.39 is 22.9 Å². The van der Waals surface area contributed by atoms with Crippen LogP contribution in [0.1, 0.15) is 56.6 Å². The van der Waals surface area contributed by atoms with Crippen molar-refractivity contribution in [3.8, 4) is 11.1 Å². The highest BCUT2D eigenvalue weighted by Gasteiger charge is 2.31. The van der Waals surface area contributed by atoms with E-state index in [0.717, 1.165) is 32.4 Å². The van der Waals surface area contributed by atoms with Crippen molar-refractivity contribution in [1.29, 1.82) is 0 Å². The normalized spacial score (nSPS) is 18.8. The minimum absolute atomic E-state index is 0.0690. The minimum Gasteiger partial charge on any atom is -0.481 e. The van der Waals surface area contributed by atoms with E-state index in [9.17, 15) is 29.6 Å². The molecule has 2 aliphatic rings.